The molecule has 1 aromatic carbocycles. The molecule has 2 rings (SSSR count). The van der Waals surface area contributed by atoms with Gasteiger partial charge in [-0.15, -0.1) is 0 Å². The van der Waals surface area contributed by atoms with Crippen molar-refractivity contribution >= 4 is 5.69 Å². The lowest BCUT2D eigenvalue weighted by Gasteiger charge is -2.33. The average molecular weight is 290 g/mol. The van der Waals surface area contributed by atoms with Gasteiger partial charge >= 0.3 is 0 Å². The van der Waals surface area contributed by atoms with Crippen LogP contribution in [0, 0.1) is 22.0 Å². The second-order valence-corrected chi connectivity index (χ2v) is 6.60. The zero-order chi connectivity index (χ0) is 15.4. The minimum Gasteiger partial charge on any atom is -0.307 e. The van der Waals surface area contributed by atoms with E-state index in [0.717, 1.165) is 17.4 Å². The standard InChI is InChI=1S/C17H26N2O2/c1-12(2)14-7-9-16(10-8-14)18-13(3)15-5-4-6-17(11-15)19(20)21/h4-6,11-14,16,18H,7-10H2,1-3H3. The molecule has 0 heterocycles. The molecule has 1 unspecified atom stereocenters. The van der Waals surface area contributed by atoms with Gasteiger partial charge in [-0.2, -0.15) is 0 Å². The molecule has 0 aliphatic heterocycles. The van der Waals surface area contributed by atoms with Gasteiger partial charge in [0, 0.05) is 24.2 Å². The van der Waals surface area contributed by atoms with Crippen LogP contribution in [0.15, 0.2) is 24.3 Å². The van der Waals surface area contributed by atoms with Gasteiger partial charge in [-0.05, 0) is 50.0 Å². The first-order valence-electron chi connectivity index (χ1n) is 7.97. The Bertz CT molecular complexity index is 479. The van der Waals surface area contributed by atoms with E-state index in [1.807, 2.05) is 6.07 Å². The SMILES string of the molecule is CC(NC1CCC(C(C)C)CC1)c1cccc([N+](=O)[O-])c1. The van der Waals surface area contributed by atoms with Gasteiger partial charge < -0.3 is 5.32 Å². The zero-order valence-electron chi connectivity index (χ0n) is 13.2. The maximum atomic E-state index is 10.9. The summed E-state index contributed by atoms with van der Waals surface area (Å²) in [6, 6.07) is 7.65. The number of benzene rings is 1. The number of nitrogens with one attached hydrogen (secondary N) is 1. The molecule has 0 spiro atoms. The van der Waals surface area contributed by atoms with E-state index in [1.165, 1.54) is 25.7 Å². The van der Waals surface area contributed by atoms with Crippen molar-refractivity contribution in [3.8, 4) is 0 Å². The summed E-state index contributed by atoms with van der Waals surface area (Å²) in [5.74, 6) is 1.64. The van der Waals surface area contributed by atoms with Gasteiger partial charge in [0.15, 0.2) is 0 Å². The van der Waals surface area contributed by atoms with Gasteiger partial charge in [-0.1, -0.05) is 26.0 Å². The molecule has 1 aromatic rings. The van der Waals surface area contributed by atoms with Crippen molar-refractivity contribution in [1.82, 2.24) is 5.32 Å². The van der Waals surface area contributed by atoms with Gasteiger partial charge in [0.1, 0.15) is 0 Å². The lowest BCUT2D eigenvalue weighted by molar-refractivity contribution is -0.384. The van der Waals surface area contributed by atoms with Gasteiger partial charge in [0.05, 0.1) is 4.92 Å². The van der Waals surface area contributed by atoms with Gasteiger partial charge in [-0.3, -0.25) is 10.1 Å². The molecule has 116 valence electrons. The third kappa shape index (κ3) is 4.27. The van der Waals surface area contributed by atoms with E-state index >= 15 is 0 Å². The smallest absolute Gasteiger partial charge is 0.269 e. The van der Waals surface area contributed by atoms with Crippen molar-refractivity contribution in [2.45, 2.75) is 58.5 Å². The van der Waals surface area contributed by atoms with Crippen LogP contribution in [0.1, 0.15) is 58.1 Å². The average Bonchev–Trinajstić information content (AvgIpc) is 2.48. The van der Waals surface area contributed by atoms with Crippen LogP contribution >= 0.6 is 0 Å². The second-order valence-electron chi connectivity index (χ2n) is 6.60. The molecular formula is C17H26N2O2. The Morgan fingerprint density at radius 3 is 2.43 bits per heavy atom. The van der Waals surface area contributed by atoms with Crippen molar-refractivity contribution in [2.24, 2.45) is 11.8 Å². The van der Waals surface area contributed by atoms with Crippen LogP contribution in [0.4, 0.5) is 5.69 Å². The summed E-state index contributed by atoms with van der Waals surface area (Å²) in [4.78, 5) is 10.5. The van der Waals surface area contributed by atoms with Gasteiger partial charge in [0.2, 0.25) is 0 Å². The number of hydrogen-bond donors (Lipinski definition) is 1. The predicted molar refractivity (Wildman–Crippen MR) is 85.2 cm³/mol. The first-order chi connectivity index (χ1) is 9.97. The monoisotopic (exact) mass is 290 g/mol. The van der Waals surface area contributed by atoms with Crippen LogP contribution in [0.5, 0.6) is 0 Å². The van der Waals surface area contributed by atoms with Gasteiger partial charge in [0.25, 0.3) is 5.69 Å². The van der Waals surface area contributed by atoms with Crippen molar-refractivity contribution in [2.75, 3.05) is 0 Å². The first kappa shape index (κ1) is 16.0. The molecule has 4 heteroatoms. The topological polar surface area (TPSA) is 55.2 Å². The second kappa shape index (κ2) is 7.03. The molecule has 1 saturated carbocycles. The van der Waals surface area contributed by atoms with Crippen molar-refractivity contribution in [3.63, 3.8) is 0 Å². The van der Waals surface area contributed by atoms with Gasteiger partial charge in [-0.25, -0.2) is 0 Å². The Kier molecular flexibility index (Phi) is 5.34. The Labute approximate surface area is 127 Å². The fourth-order valence-corrected chi connectivity index (χ4v) is 3.31. The summed E-state index contributed by atoms with van der Waals surface area (Å²) in [5, 5.41) is 14.5. The number of non-ortho nitro benzene ring substituents is 1. The number of nitro benzene ring substituents is 1. The first-order valence-corrected chi connectivity index (χ1v) is 7.97. The predicted octanol–water partition coefficient (Wildman–Crippen LogP) is 4.46. The highest BCUT2D eigenvalue weighted by molar-refractivity contribution is 5.35. The van der Waals surface area contributed by atoms with E-state index in [-0.39, 0.29) is 16.7 Å². The molecule has 1 atom stereocenters. The molecule has 0 bridgehead atoms. The van der Waals surface area contributed by atoms with Crippen LogP contribution < -0.4 is 5.32 Å². The summed E-state index contributed by atoms with van der Waals surface area (Å²) < 4.78 is 0. The molecule has 0 aromatic heterocycles. The molecule has 21 heavy (non-hydrogen) atoms. The number of rotatable bonds is 5. The van der Waals surface area contributed by atoms with Crippen LogP contribution in [-0.4, -0.2) is 11.0 Å². The van der Waals surface area contributed by atoms with E-state index < -0.39 is 0 Å². The molecule has 1 N–H and O–H groups in total. The quantitative estimate of drug-likeness (QED) is 0.643. The largest absolute Gasteiger partial charge is 0.307 e. The fourth-order valence-electron chi connectivity index (χ4n) is 3.31. The molecule has 0 amide bonds. The zero-order valence-corrected chi connectivity index (χ0v) is 13.2. The normalized spacial score (nSPS) is 24.0. The minimum absolute atomic E-state index is 0.158. The Hall–Kier alpha value is -1.42. The minimum atomic E-state index is -0.329. The molecule has 0 saturated heterocycles. The number of hydrogen-bond acceptors (Lipinski definition) is 3. The highest BCUT2D eigenvalue weighted by atomic mass is 16.6. The van der Waals surface area contributed by atoms with Crippen molar-refractivity contribution < 1.29 is 4.92 Å². The highest BCUT2D eigenvalue weighted by Gasteiger charge is 2.24. The molecule has 1 aliphatic rings. The lowest BCUT2D eigenvalue weighted by atomic mass is 9.79. The molecular weight excluding hydrogens is 264 g/mol. The van der Waals surface area contributed by atoms with Crippen LogP contribution in [0.25, 0.3) is 0 Å². The van der Waals surface area contributed by atoms with E-state index in [1.54, 1.807) is 18.2 Å². The molecule has 0 radical (unpaired) electrons. The van der Waals surface area contributed by atoms with E-state index in [9.17, 15) is 10.1 Å². The Morgan fingerprint density at radius 1 is 1.19 bits per heavy atom. The van der Waals surface area contributed by atoms with Crippen LogP contribution in [0.2, 0.25) is 0 Å². The lowest BCUT2D eigenvalue weighted by Crippen LogP contribution is -2.35. The number of nitro groups is 1. The van der Waals surface area contributed by atoms with Crippen molar-refractivity contribution in [3.05, 3.63) is 39.9 Å². The number of nitrogens with zero attached hydrogens (tertiary/aromatic N) is 1. The van der Waals surface area contributed by atoms with Crippen molar-refractivity contribution in [1.29, 1.82) is 0 Å². The maximum Gasteiger partial charge on any atom is 0.269 e. The summed E-state index contributed by atoms with van der Waals surface area (Å²) in [5.41, 5.74) is 1.17. The summed E-state index contributed by atoms with van der Waals surface area (Å²) in [7, 11) is 0. The fraction of sp³-hybridized carbons (Fsp3) is 0.647. The summed E-state index contributed by atoms with van der Waals surface area (Å²) in [6.07, 6.45) is 5.00. The highest BCUT2D eigenvalue weighted by Crippen LogP contribution is 2.31. The maximum absolute atomic E-state index is 10.9. The summed E-state index contributed by atoms with van der Waals surface area (Å²) >= 11 is 0. The van der Waals surface area contributed by atoms with Crippen LogP contribution in [-0.2, 0) is 0 Å². The van der Waals surface area contributed by atoms with Crippen LogP contribution in [0.3, 0.4) is 0 Å². The van der Waals surface area contributed by atoms with E-state index in [4.69, 9.17) is 0 Å². The van der Waals surface area contributed by atoms with E-state index in [0.29, 0.717) is 6.04 Å². The Balaban J connectivity index is 1.91. The Morgan fingerprint density at radius 2 is 1.86 bits per heavy atom. The summed E-state index contributed by atoms with van der Waals surface area (Å²) in [6.45, 7) is 6.71. The molecule has 1 aliphatic carbocycles. The molecule has 4 nitrogen and oxygen atoms in total. The molecule has 1 fully saturated rings. The third-order valence-electron chi connectivity index (χ3n) is 4.78. The third-order valence-corrected chi connectivity index (χ3v) is 4.78. The van der Waals surface area contributed by atoms with E-state index in [2.05, 4.69) is 26.1 Å².